The van der Waals surface area contributed by atoms with Crippen LogP contribution in [0.1, 0.15) is 59.3 Å². The van der Waals surface area contributed by atoms with E-state index in [1.54, 1.807) is 40.3 Å². The molecule has 0 bridgehead atoms. The molecule has 0 fully saturated rings. The van der Waals surface area contributed by atoms with Crippen molar-refractivity contribution in [2.45, 2.75) is 55.9 Å². The summed E-state index contributed by atoms with van der Waals surface area (Å²) in [5.41, 5.74) is 9.19. The number of hydrogen-bond acceptors (Lipinski definition) is 8. The lowest BCUT2D eigenvalue weighted by molar-refractivity contribution is 0.105. The molecule has 2 aromatic carbocycles. The third-order valence-electron chi connectivity index (χ3n) is 9.17. The third-order valence-corrected chi connectivity index (χ3v) is 13.7. The first-order valence-electron chi connectivity index (χ1n) is 16.5. The van der Waals surface area contributed by atoms with Crippen molar-refractivity contribution in [1.82, 2.24) is 19.6 Å². The summed E-state index contributed by atoms with van der Waals surface area (Å²) < 4.78 is 49.1. The number of rotatable bonds is 14. The molecule has 0 amide bonds. The molecule has 4 aromatic heterocycles. The van der Waals surface area contributed by atoms with E-state index < -0.39 is 10.1 Å². The van der Waals surface area contributed by atoms with Gasteiger partial charge in [0.25, 0.3) is 0 Å². The standard InChI is InChI=1S/C36H30Cl4N4O5S3/c37-22-5-7-30(26(39)16-22)43-33-24(13-20-9-12-50-35(20)33)28(41-43)18-48-10-3-1-2-4-11-49-19-29-25-14-21-15-32(52(45,46)47)51-36(21)34(25)44(42-29)31-8-6-23(38)17-27(31)40/h5-9,12,15-17H,1-4,10-11,13-14,18-19H2,(H,45,46,47). The molecule has 0 radical (unpaired) electrons. The monoisotopic (exact) mass is 834 g/mol. The molecule has 270 valence electrons. The maximum atomic E-state index is 11.9. The molecule has 4 heterocycles. The molecule has 6 aromatic rings. The Morgan fingerprint density at radius 3 is 1.79 bits per heavy atom. The molecule has 16 heteroatoms. The molecule has 8 rings (SSSR count). The second-order valence-electron chi connectivity index (χ2n) is 12.6. The Bertz CT molecular complexity index is 2440. The molecule has 9 nitrogen and oxygen atoms in total. The third kappa shape index (κ3) is 6.99. The molecule has 0 aliphatic heterocycles. The summed E-state index contributed by atoms with van der Waals surface area (Å²) >= 11 is 28.2. The SMILES string of the molecule is O=S(=O)(O)c1cc2c(s1)-c1c(c(COCCCCCCOCc3nn(-c4ccc(Cl)cc4Cl)c4c3Cc3ccsc3-4)nn1-c1ccc(Cl)cc1Cl)C2. The van der Waals surface area contributed by atoms with Gasteiger partial charge < -0.3 is 9.47 Å². The maximum Gasteiger partial charge on any atom is 0.304 e. The zero-order chi connectivity index (χ0) is 36.1. The topological polar surface area (TPSA) is 108 Å². The van der Waals surface area contributed by atoms with Crippen LogP contribution in [-0.4, -0.2) is 45.7 Å². The molecule has 52 heavy (non-hydrogen) atoms. The molecule has 0 unspecified atom stereocenters. The molecular formula is C36H30Cl4N4O5S3. The van der Waals surface area contributed by atoms with Crippen LogP contribution in [0.4, 0.5) is 0 Å². The van der Waals surface area contributed by atoms with Gasteiger partial charge in [0.1, 0.15) is 4.21 Å². The van der Waals surface area contributed by atoms with E-state index in [0.717, 1.165) is 87.9 Å². The lowest BCUT2D eigenvalue weighted by atomic mass is 10.1. The highest BCUT2D eigenvalue weighted by Gasteiger charge is 2.33. The minimum Gasteiger partial charge on any atom is -0.375 e. The van der Waals surface area contributed by atoms with Crippen LogP contribution in [-0.2, 0) is 45.6 Å². The van der Waals surface area contributed by atoms with E-state index in [-0.39, 0.29) is 4.21 Å². The predicted molar refractivity (Wildman–Crippen MR) is 207 cm³/mol. The van der Waals surface area contributed by atoms with Crippen LogP contribution in [0.3, 0.4) is 0 Å². The van der Waals surface area contributed by atoms with Crippen LogP contribution < -0.4 is 0 Å². The number of unbranched alkanes of at least 4 members (excludes halogenated alkanes) is 3. The molecular weight excluding hydrogens is 806 g/mol. The highest BCUT2D eigenvalue weighted by atomic mass is 35.5. The summed E-state index contributed by atoms with van der Waals surface area (Å²) in [6, 6.07) is 14.3. The Morgan fingerprint density at radius 2 is 1.25 bits per heavy atom. The molecule has 0 saturated heterocycles. The highest BCUT2D eigenvalue weighted by molar-refractivity contribution is 7.88. The first kappa shape index (κ1) is 36.2. The molecule has 1 N–H and O–H groups in total. The van der Waals surface area contributed by atoms with E-state index in [0.29, 0.717) is 58.6 Å². The summed E-state index contributed by atoms with van der Waals surface area (Å²) in [5, 5.41) is 13.9. The molecule has 0 atom stereocenters. The van der Waals surface area contributed by atoms with Crippen LogP contribution in [0.5, 0.6) is 0 Å². The number of thiophene rings is 2. The van der Waals surface area contributed by atoms with E-state index in [1.165, 1.54) is 22.1 Å². The molecule has 2 aliphatic carbocycles. The first-order valence-corrected chi connectivity index (χ1v) is 21.2. The largest absolute Gasteiger partial charge is 0.375 e. The van der Waals surface area contributed by atoms with Gasteiger partial charge in [-0.15, -0.1) is 22.7 Å². The van der Waals surface area contributed by atoms with Gasteiger partial charge in [0.15, 0.2) is 0 Å². The van der Waals surface area contributed by atoms with E-state index >= 15 is 0 Å². The van der Waals surface area contributed by atoms with E-state index in [9.17, 15) is 13.0 Å². The van der Waals surface area contributed by atoms with E-state index in [2.05, 4.69) is 11.4 Å². The summed E-state index contributed by atoms with van der Waals surface area (Å²) in [5.74, 6) is 0. The lowest BCUT2D eigenvalue weighted by Gasteiger charge is -2.08. The van der Waals surface area contributed by atoms with Crippen molar-refractivity contribution in [3.63, 3.8) is 0 Å². The number of hydrogen-bond donors (Lipinski definition) is 1. The van der Waals surface area contributed by atoms with Gasteiger partial charge in [0.05, 0.1) is 67.2 Å². The van der Waals surface area contributed by atoms with E-state index in [1.807, 2.05) is 16.8 Å². The Labute approximate surface area is 328 Å². The normalized spacial score (nSPS) is 13.1. The van der Waals surface area contributed by atoms with Crippen LogP contribution >= 0.6 is 69.1 Å². The lowest BCUT2D eigenvalue weighted by Crippen LogP contribution is -2.03. The zero-order valence-corrected chi connectivity index (χ0v) is 32.8. The zero-order valence-electron chi connectivity index (χ0n) is 27.4. The second-order valence-corrected chi connectivity index (χ2v) is 17.9. The minimum absolute atomic E-state index is 0.0998. The van der Waals surface area contributed by atoms with Crippen molar-refractivity contribution in [3.05, 3.63) is 108 Å². The van der Waals surface area contributed by atoms with Crippen LogP contribution in [0.2, 0.25) is 20.1 Å². The number of fused-ring (bicyclic) bond motifs is 6. The van der Waals surface area contributed by atoms with Gasteiger partial charge in [-0.1, -0.05) is 59.2 Å². The summed E-state index contributed by atoms with van der Waals surface area (Å²) in [7, 11) is -4.33. The minimum atomic E-state index is -4.33. The van der Waals surface area contributed by atoms with Crippen LogP contribution in [0.15, 0.2) is 58.1 Å². The fourth-order valence-electron chi connectivity index (χ4n) is 6.74. The quantitative estimate of drug-likeness (QED) is 0.0858. The fourth-order valence-corrected chi connectivity index (χ4v) is 10.6. The summed E-state index contributed by atoms with van der Waals surface area (Å²) in [4.78, 5) is 1.95. The average Bonchev–Trinajstić information content (AvgIpc) is 3.92. The van der Waals surface area contributed by atoms with Crippen molar-refractivity contribution in [2.24, 2.45) is 0 Å². The van der Waals surface area contributed by atoms with Crippen molar-refractivity contribution >= 4 is 79.2 Å². The number of benzene rings is 2. The van der Waals surface area contributed by atoms with Gasteiger partial charge in [-0.25, -0.2) is 9.36 Å². The van der Waals surface area contributed by atoms with Crippen LogP contribution in [0.25, 0.3) is 32.5 Å². The fraction of sp³-hybridized carbons (Fsp3) is 0.278. The molecule has 2 aliphatic rings. The van der Waals surface area contributed by atoms with Crippen molar-refractivity contribution < 1.29 is 22.4 Å². The van der Waals surface area contributed by atoms with Gasteiger partial charge in [-0.2, -0.15) is 18.6 Å². The van der Waals surface area contributed by atoms with Gasteiger partial charge >= 0.3 is 10.1 Å². The first-order chi connectivity index (χ1) is 25.1. The number of halogens is 4. The molecule has 0 saturated carbocycles. The van der Waals surface area contributed by atoms with Crippen molar-refractivity contribution in [1.29, 1.82) is 0 Å². The number of aromatic nitrogens is 4. The number of nitrogens with zero attached hydrogens (tertiary/aromatic N) is 4. The Morgan fingerprint density at radius 1 is 0.712 bits per heavy atom. The van der Waals surface area contributed by atoms with E-state index in [4.69, 9.17) is 66.1 Å². The Balaban J connectivity index is 0.840. The van der Waals surface area contributed by atoms with Crippen molar-refractivity contribution in [2.75, 3.05) is 13.2 Å². The summed E-state index contributed by atoms with van der Waals surface area (Å²) in [6.07, 6.45) is 5.12. The number of ether oxygens (including phenoxy) is 2. The molecule has 0 spiro atoms. The second kappa shape index (κ2) is 14.8. The van der Waals surface area contributed by atoms with Crippen molar-refractivity contribution in [3.8, 4) is 32.5 Å². The van der Waals surface area contributed by atoms with Gasteiger partial charge in [-0.05, 0) is 77.9 Å². The average molecular weight is 837 g/mol. The highest BCUT2D eigenvalue weighted by Crippen LogP contribution is 2.47. The maximum absolute atomic E-state index is 11.9. The van der Waals surface area contributed by atoms with Gasteiger partial charge in [-0.3, -0.25) is 4.55 Å². The smallest absolute Gasteiger partial charge is 0.304 e. The van der Waals surface area contributed by atoms with Crippen LogP contribution in [0, 0.1) is 0 Å². The Kier molecular flexibility index (Phi) is 10.3. The predicted octanol–water partition coefficient (Wildman–Crippen LogP) is 10.5. The van der Waals surface area contributed by atoms with Gasteiger partial charge in [0, 0.05) is 47.2 Å². The van der Waals surface area contributed by atoms with Gasteiger partial charge in [0.2, 0.25) is 0 Å². The summed E-state index contributed by atoms with van der Waals surface area (Å²) in [6.45, 7) is 1.93. The Hall–Kier alpha value is -2.75.